The van der Waals surface area contributed by atoms with Gasteiger partial charge in [-0.05, 0) is 295 Å². The zero-order chi connectivity index (χ0) is 80.9. The van der Waals surface area contributed by atoms with E-state index in [0.29, 0.717) is 48.1 Å². The first-order chi connectivity index (χ1) is 52.8. The van der Waals surface area contributed by atoms with Gasteiger partial charge in [-0.3, -0.25) is 18.2 Å². The SMILES string of the molecule is CC(CC(C)c1ccc(S(=O)(=O)O)cc1)c1ccc(S(=O)(=O)O)cc1.CNc1ccc(Nc2ccc(Nc3ccc(N=C4C=CC(=Nc5ccc(C(C)CC(CC(CC(CC(C)c6ccc(S(=O)(=O)O)cc6)c6ccc(S(=O)(=O)O)cc6)c6ccc(S(=O)(=O)[O-])cc6)c6ccc(S(=O)(=O)[O-])cc6)cc5)C=C4)cc3)cc2)cc1.[H+].[H+]. The van der Waals surface area contributed by atoms with Crippen LogP contribution < -0.4 is 16.0 Å². The van der Waals surface area contributed by atoms with Crippen molar-refractivity contribution in [3.8, 4) is 0 Å². The second-order valence-corrected chi connectivity index (χ2v) is 36.1. The molecule has 0 spiro atoms. The molecule has 23 nitrogen and oxygen atoms in total. The number of hydrogen-bond acceptors (Lipinski definition) is 19. The van der Waals surface area contributed by atoms with Crippen LogP contribution in [0.15, 0.2) is 306 Å². The third-order valence-electron chi connectivity index (χ3n) is 19.6. The van der Waals surface area contributed by atoms with Crippen LogP contribution >= 0.6 is 0 Å². The topological polar surface area (TPSA) is 393 Å². The molecule has 0 aromatic heterocycles. The van der Waals surface area contributed by atoms with Crippen molar-refractivity contribution in [3.05, 3.63) is 306 Å². The Hall–Kier alpha value is -10.1. The van der Waals surface area contributed by atoms with E-state index >= 15 is 0 Å². The van der Waals surface area contributed by atoms with E-state index in [2.05, 4.69) is 22.9 Å². The predicted molar refractivity (Wildman–Crippen MR) is 435 cm³/mol. The van der Waals surface area contributed by atoms with Crippen LogP contribution in [0.25, 0.3) is 0 Å². The van der Waals surface area contributed by atoms with Gasteiger partial charge in [-0.1, -0.05) is 113 Å². The Balaban J connectivity index is 0.000000512. The molecule has 0 radical (unpaired) electrons. The van der Waals surface area contributed by atoms with Gasteiger partial charge >= 0.3 is 2.85 Å². The van der Waals surface area contributed by atoms with Gasteiger partial charge in [-0.25, -0.2) is 26.8 Å². The molecule has 7 unspecified atom stereocenters. The van der Waals surface area contributed by atoms with Gasteiger partial charge in [-0.15, -0.1) is 0 Å². The maximum Gasteiger partial charge on any atom is 1.00 e. The summed E-state index contributed by atoms with van der Waals surface area (Å²) in [5.74, 6) is -1.27. The zero-order valence-electron chi connectivity index (χ0n) is 63.3. The van der Waals surface area contributed by atoms with Crippen molar-refractivity contribution >= 4 is 112 Å². The fraction of sp³-hybridized carbons (Fsp3) is 0.205. The average Bonchev–Trinajstić information content (AvgIpc) is 0.802. The largest absolute Gasteiger partial charge is 1.00 e. The van der Waals surface area contributed by atoms with Gasteiger partial charge in [0, 0.05) is 35.5 Å². The molecule has 11 rings (SSSR count). The van der Waals surface area contributed by atoms with Crippen LogP contribution in [0.1, 0.15) is 143 Å². The van der Waals surface area contributed by atoms with E-state index in [-0.39, 0.29) is 57.9 Å². The molecule has 10 aromatic rings. The molecule has 0 saturated carbocycles. The monoisotopic (exact) mass is 1630 g/mol. The van der Waals surface area contributed by atoms with Crippen LogP contribution in [0.5, 0.6) is 0 Å². The summed E-state index contributed by atoms with van der Waals surface area (Å²) in [4.78, 5) is 7.94. The second kappa shape index (κ2) is 36.1. The minimum Gasteiger partial charge on any atom is -0.744 e. The van der Waals surface area contributed by atoms with Gasteiger partial charge in [0.1, 0.15) is 20.2 Å². The molecule has 7 atom stereocenters. The van der Waals surface area contributed by atoms with E-state index in [4.69, 9.17) is 19.1 Å². The summed E-state index contributed by atoms with van der Waals surface area (Å²) < 4.78 is 203. The van der Waals surface area contributed by atoms with Crippen LogP contribution in [-0.2, 0) is 60.7 Å². The Kier molecular flexibility index (Phi) is 27.2. The molecule has 29 heteroatoms. The number of nitrogens with one attached hydrogen (secondary N) is 3. The van der Waals surface area contributed by atoms with E-state index in [1.807, 2.05) is 149 Å². The van der Waals surface area contributed by atoms with Gasteiger partial charge in [-0.2, -0.15) is 33.7 Å². The first kappa shape index (κ1) is 84.3. The molecule has 586 valence electrons. The highest BCUT2D eigenvalue weighted by Gasteiger charge is 2.29. The number of benzene rings is 10. The maximum absolute atomic E-state index is 12.2. The fourth-order valence-electron chi connectivity index (χ4n) is 13.4. The summed E-state index contributed by atoms with van der Waals surface area (Å²) in [5, 5.41) is 9.97. The summed E-state index contributed by atoms with van der Waals surface area (Å²) in [5.41, 5.74) is 13.5. The summed E-state index contributed by atoms with van der Waals surface area (Å²) >= 11 is 0. The van der Waals surface area contributed by atoms with Crippen LogP contribution in [-0.4, -0.2) is 96.3 Å². The lowest BCUT2D eigenvalue weighted by atomic mass is 9.74. The molecule has 0 aliphatic heterocycles. The molecule has 10 aromatic carbocycles. The number of rotatable bonds is 30. The fourth-order valence-corrected chi connectivity index (χ4v) is 16.3. The number of allylic oxidation sites excluding steroid dienone is 4. The van der Waals surface area contributed by atoms with Crippen LogP contribution in [0.3, 0.4) is 0 Å². The molecule has 0 bridgehead atoms. The van der Waals surface area contributed by atoms with E-state index in [0.717, 1.165) is 74.2 Å². The first-order valence-corrected chi connectivity index (χ1v) is 44.0. The van der Waals surface area contributed by atoms with Gasteiger partial charge in [0.25, 0.3) is 40.5 Å². The lowest BCUT2D eigenvalue weighted by Crippen LogP contribution is -2.15. The Morgan fingerprint density at radius 1 is 0.286 bits per heavy atom. The Morgan fingerprint density at radius 2 is 0.491 bits per heavy atom. The van der Waals surface area contributed by atoms with Crippen molar-refractivity contribution in [3.63, 3.8) is 0 Å². The van der Waals surface area contributed by atoms with E-state index in [1.165, 1.54) is 72.8 Å². The van der Waals surface area contributed by atoms with Crippen LogP contribution in [0.2, 0.25) is 0 Å². The molecule has 1 aliphatic rings. The van der Waals surface area contributed by atoms with Gasteiger partial charge < -0.3 is 25.1 Å². The van der Waals surface area contributed by atoms with Crippen molar-refractivity contribution in [2.24, 2.45) is 9.98 Å². The molecule has 0 amide bonds. The highest BCUT2D eigenvalue weighted by atomic mass is 32.2. The summed E-state index contributed by atoms with van der Waals surface area (Å²) in [6.45, 7) is 8.00. The highest BCUT2D eigenvalue weighted by Crippen LogP contribution is 2.45. The summed E-state index contributed by atoms with van der Waals surface area (Å²) in [7, 11) is -25.2. The Bertz CT molecular complexity index is 5700. The lowest BCUT2D eigenvalue weighted by Gasteiger charge is -2.31. The van der Waals surface area contributed by atoms with Crippen LogP contribution in [0, 0.1) is 0 Å². The number of aliphatic imine (C=N–C) groups is 2. The minimum absolute atomic E-state index is 0. The second-order valence-electron chi connectivity index (χ2n) is 27.6. The minimum atomic E-state index is -4.83. The summed E-state index contributed by atoms with van der Waals surface area (Å²) in [6, 6.07) is 66.9. The Labute approximate surface area is 657 Å². The molecular formula is C83H85N5O18S6. The van der Waals surface area contributed by atoms with Crippen molar-refractivity contribution in [1.82, 2.24) is 0 Å². The third kappa shape index (κ3) is 24.0. The zero-order valence-corrected chi connectivity index (χ0v) is 66.2. The van der Waals surface area contributed by atoms with Gasteiger partial charge in [0.2, 0.25) is 0 Å². The number of hydrogen-bond donors (Lipinski definition) is 7. The normalized spacial score (nSPS) is 14.6. The molecule has 1 aliphatic carbocycles. The number of anilines is 5. The van der Waals surface area contributed by atoms with E-state index in [1.54, 1.807) is 72.8 Å². The standard InChI is InChI=1S/C66H65N5O12S4.C17H20O6S2/c1-44(46-4-14-55(15-5-46)68-57-20-22-59(23-21-57)70-61-28-30-62(31-29-61)71-60-26-24-58(25-27-60)69-56-18-16-54(67-3)17-19-56)40-51(48-8-34-64(35-9-48)85(75,76)77)42-53(50-12-38-66(39-13-50)87(81,82)83)43-52(49-10-36-65(37-11-49)86(78,79)80)41-45(2)47-6-32-63(33-7-47)84(72,73)74;1-12(14-3-7-16(8-4-14)24(18,19)20)11-13(2)15-5-9-17(10-6-15)25(21,22)23/h4-39,44-45,51-53,67,69,71H,40-43H2,1-3H3,(H,72,73,74)(H,75,76,77)(H,78,79,80)(H,81,82,83);3-10,12-13H,11H2,1-2H3,(H,18,19,20)(H,21,22,23). The highest BCUT2D eigenvalue weighted by molar-refractivity contribution is 7.87. The molecule has 7 N–H and O–H groups in total. The van der Waals surface area contributed by atoms with Crippen molar-refractivity contribution < 1.29 is 80.7 Å². The van der Waals surface area contributed by atoms with Gasteiger partial charge in [0.05, 0.1) is 52.2 Å². The molecule has 0 saturated heterocycles. The molecule has 0 fully saturated rings. The number of nitrogens with zero attached hydrogens (tertiary/aromatic N) is 2. The average molecular weight is 1630 g/mol. The van der Waals surface area contributed by atoms with Gasteiger partial charge in [0.15, 0.2) is 0 Å². The smallest absolute Gasteiger partial charge is 0.744 e. The lowest BCUT2D eigenvalue weighted by molar-refractivity contribution is 0.413. The molecule has 112 heavy (non-hydrogen) atoms. The maximum atomic E-state index is 12.2. The van der Waals surface area contributed by atoms with Crippen molar-refractivity contribution in [1.29, 1.82) is 0 Å². The van der Waals surface area contributed by atoms with E-state index < -0.39 is 76.4 Å². The van der Waals surface area contributed by atoms with Crippen LogP contribution in [0.4, 0.5) is 39.8 Å². The molecular weight excluding hydrogens is 1550 g/mol. The molecule has 0 heterocycles. The van der Waals surface area contributed by atoms with Crippen molar-refractivity contribution in [2.75, 3.05) is 23.0 Å². The predicted octanol–water partition coefficient (Wildman–Crippen LogP) is 18.0. The van der Waals surface area contributed by atoms with Crippen molar-refractivity contribution in [2.45, 2.75) is 131 Å². The Morgan fingerprint density at radius 3 is 0.741 bits per heavy atom. The third-order valence-corrected chi connectivity index (χ3v) is 24.8. The quantitative estimate of drug-likeness (QED) is 0.0162. The first-order valence-electron chi connectivity index (χ1n) is 35.4. The summed E-state index contributed by atoms with van der Waals surface area (Å²) in [6.07, 6.45) is 9.96. The van der Waals surface area contributed by atoms with E-state index in [9.17, 15) is 68.7 Å².